The molecule has 0 atom stereocenters. The van der Waals surface area contributed by atoms with Gasteiger partial charge in [-0.3, -0.25) is 0 Å². The van der Waals surface area contributed by atoms with Crippen molar-refractivity contribution in [3.05, 3.63) is 6.92 Å². The van der Waals surface area contributed by atoms with Crippen LogP contribution in [-0.4, -0.2) is 6.17 Å². The monoisotopic (exact) mass is 209 g/mol. The minimum absolute atomic E-state index is 0.0242. The van der Waals surface area contributed by atoms with E-state index in [0.29, 0.717) is 0 Å². The molecule has 1 heterocycles. The molecule has 0 amide bonds. The van der Waals surface area contributed by atoms with Crippen LogP contribution >= 0.6 is 0 Å². The highest BCUT2D eigenvalue weighted by Crippen LogP contribution is 2.15. The molecule has 0 unspecified atom stereocenters. The zero-order chi connectivity index (χ0) is 10.8. The summed E-state index contributed by atoms with van der Waals surface area (Å²) in [6.45, 7) is 3.84. The molecule has 1 aliphatic rings. The van der Waals surface area contributed by atoms with Crippen molar-refractivity contribution in [3.8, 4) is 0 Å². The average molecular weight is 209 g/mol. The van der Waals surface area contributed by atoms with E-state index in [1.807, 2.05) is 0 Å². The minimum Gasteiger partial charge on any atom is -0.138 e. The molecule has 0 aromatic heterocycles. The molecule has 1 rings (SSSR count). The van der Waals surface area contributed by atoms with E-state index >= 15 is 0 Å². The van der Waals surface area contributed by atoms with Crippen LogP contribution in [0.3, 0.4) is 0 Å². The van der Waals surface area contributed by atoms with Gasteiger partial charge in [-0.05, 0) is 23.3 Å². The molecule has 0 aliphatic carbocycles. The van der Waals surface area contributed by atoms with E-state index in [1.165, 1.54) is 44.9 Å². The van der Waals surface area contributed by atoms with E-state index in [4.69, 9.17) is 0 Å². The maximum atomic E-state index is 3.88. The van der Waals surface area contributed by atoms with Crippen LogP contribution in [0.5, 0.6) is 0 Å². The van der Waals surface area contributed by atoms with Gasteiger partial charge in [0.2, 0.25) is 0 Å². The smallest absolute Gasteiger partial charge is 0.138 e. The Morgan fingerprint density at radius 2 is 1.27 bits per heavy atom. The summed E-state index contributed by atoms with van der Waals surface area (Å²) in [5, 5.41) is 14.7. The van der Waals surface area contributed by atoms with Crippen molar-refractivity contribution >= 4 is 0 Å². The lowest BCUT2D eigenvalue weighted by Crippen LogP contribution is -1.95. The maximum absolute atomic E-state index is 3.88. The standard InChI is InChI=1S/C11H21N4/c1-2-3-4-5-6-7-8-9-10-11-12-14-15-13-11/h11H,1-10H2. The molecular weight excluding hydrogens is 188 g/mol. The molecule has 0 spiro atoms. The Labute approximate surface area is 92.2 Å². The first-order valence-corrected chi connectivity index (χ1v) is 6.02. The van der Waals surface area contributed by atoms with Gasteiger partial charge in [0.25, 0.3) is 0 Å². The van der Waals surface area contributed by atoms with Gasteiger partial charge in [0.1, 0.15) is 0 Å². The van der Waals surface area contributed by atoms with Crippen LogP contribution < -0.4 is 0 Å². The van der Waals surface area contributed by atoms with Crippen molar-refractivity contribution in [2.45, 2.75) is 64.0 Å². The summed E-state index contributed by atoms with van der Waals surface area (Å²) in [6.07, 6.45) is 11.3. The van der Waals surface area contributed by atoms with Crippen molar-refractivity contribution < 1.29 is 0 Å². The summed E-state index contributed by atoms with van der Waals surface area (Å²) >= 11 is 0. The molecule has 4 nitrogen and oxygen atoms in total. The van der Waals surface area contributed by atoms with E-state index < -0.39 is 0 Å². The number of hydrogen-bond donors (Lipinski definition) is 0. The quantitative estimate of drug-likeness (QED) is 0.502. The third-order valence-corrected chi connectivity index (χ3v) is 2.62. The van der Waals surface area contributed by atoms with E-state index in [9.17, 15) is 0 Å². The minimum atomic E-state index is 0.0242. The highest BCUT2D eigenvalue weighted by Gasteiger charge is 2.07. The van der Waals surface area contributed by atoms with Gasteiger partial charge in [0, 0.05) is 0 Å². The molecule has 0 saturated heterocycles. The van der Waals surface area contributed by atoms with Crippen molar-refractivity contribution in [3.63, 3.8) is 0 Å². The molecule has 0 fully saturated rings. The van der Waals surface area contributed by atoms with Gasteiger partial charge in [-0.2, -0.15) is 0 Å². The Morgan fingerprint density at radius 3 is 1.87 bits per heavy atom. The predicted octanol–water partition coefficient (Wildman–Crippen LogP) is 4.49. The van der Waals surface area contributed by atoms with Crippen molar-refractivity contribution in [1.82, 2.24) is 0 Å². The number of unbranched alkanes of at least 4 members (excludes halogenated alkanes) is 7. The Morgan fingerprint density at radius 1 is 0.733 bits per heavy atom. The van der Waals surface area contributed by atoms with Crippen LogP contribution in [-0.2, 0) is 0 Å². The van der Waals surface area contributed by atoms with Gasteiger partial charge in [-0.25, -0.2) is 0 Å². The van der Waals surface area contributed by atoms with E-state index in [2.05, 4.69) is 27.6 Å². The molecule has 1 radical (unpaired) electrons. The lowest BCUT2D eigenvalue weighted by molar-refractivity contribution is 0.535. The van der Waals surface area contributed by atoms with Crippen LogP contribution in [0.4, 0.5) is 0 Å². The molecular formula is C11H21N4. The average Bonchev–Trinajstić information content (AvgIpc) is 2.75. The lowest BCUT2D eigenvalue weighted by atomic mass is 10.1. The molecule has 1 aliphatic heterocycles. The fourth-order valence-corrected chi connectivity index (χ4v) is 1.69. The summed E-state index contributed by atoms with van der Waals surface area (Å²) < 4.78 is 0. The lowest BCUT2D eigenvalue weighted by Gasteiger charge is -2.02. The van der Waals surface area contributed by atoms with E-state index in [1.54, 1.807) is 0 Å². The fraction of sp³-hybridized carbons (Fsp3) is 0.909. The Hall–Kier alpha value is -0.800. The predicted molar refractivity (Wildman–Crippen MR) is 60.4 cm³/mol. The summed E-state index contributed by atoms with van der Waals surface area (Å²) in [6, 6.07) is 0. The largest absolute Gasteiger partial charge is 0.185 e. The number of hydrogen-bond acceptors (Lipinski definition) is 4. The zero-order valence-electron chi connectivity index (χ0n) is 9.44. The molecule has 0 aromatic carbocycles. The second kappa shape index (κ2) is 8.50. The normalized spacial score (nSPS) is 15.3. The molecule has 4 heteroatoms. The van der Waals surface area contributed by atoms with Gasteiger partial charge in [0.15, 0.2) is 6.17 Å². The Balaban J connectivity index is 1.77. The summed E-state index contributed by atoms with van der Waals surface area (Å²) in [4.78, 5) is 0. The number of rotatable bonds is 9. The second-order valence-electron chi connectivity index (χ2n) is 4.01. The molecule has 0 saturated carbocycles. The van der Waals surface area contributed by atoms with Crippen LogP contribution in [0.15, 0.2) is 20.7 Å². The van der Waals surface area contributed by atoms with Crippen molar-refractivity contribution in [2.24, 2.45) is 20.7 Å². The van der Waals surface area contributed by atoms with Crippen molar-refractivity contribution in [2.75, 3.05) is 0 Å². The molecule has 0 N–H and O–H groups in total. The molecule has 0 aromatic rings. The summed E-state index contributed by atoms with van der Waals surface area (Å²) in [7, 11) is 0. The zero-order valence-corrected chi connectivity index (χ0v) is 9.44. The first-order chi connectivity index (χ1) is 7.43. The SMILES string of the molecule is [CH2]CCCCCCCCCC1N=NN=N1. The fourth-order valence-electron chi connectivity index (χ4n) is 1.69. The first-order valence-electron chi connectivity index (χ1n) is 6.02. The van der Waals surface area contributed by atoms with Crippen LogP contribution in [0, 0.1) is 6.92 Å². The number of nitrogens with zero attached hydrogens (tertiary/aromatic N) is 4. The topological polar surface area (TPSA) is 49.4 Å². The summed E-state index contributed by atoms with van der Waals surface area (Å²) in [5.41, 5.74) is 0. The van der Waals surface area contributed by atoms with E-state index in [-0.39, 0.29) is 6.17 Å². The van der Waals surface area contributed by atoms with Gasteiger partial charge < -0.3 is 0 Å². The highest BCUT2D eigenvalue weighted by atomic mass is 15.6. The third-order valence-electron chi connectivity index (χ3n) is 2.62. The molecule has 85 valence electrons. The highest BCUT2D eigenvalue weighted by molar-refractivity contribution is 4.61. The Bertz CT molecular complexity index is 189. The Kier molecular flexibility index (Phi) is 6.96. The third kappa shape index (κ3) is 6.31. The van der Waals surface area contributed by atoms with Gasteiger partial charge in [0.05, 0.1) is 0 Å². The maximum Gasteiger partial charge on any atom is 0.185 e. The van der Waals surface area contributed by atoms with Gasteiger partial charge >= 0.3 is 0 Å². The first kappa shape index (κ1) is 12.3. The summed E-state index contributed by atoms with van der Waals surface area (Å²) in [5.74, 6) is 0. The molecule has 15 heavy (non-hydrogen) atoms. The van der Waals surface area contributed by atoms with Crippen LogP contribution in [0.2, 0.25) is 0 Å². The van der Waals surface area contributed by atoms with E-state index in [0.717, 1.165) is 12.8 Å². The van der Waals surface area contributed by atoms with Gasteiger partial charge in [-0.15, -0.1) is 10.2 Å². The van der Waals surface area contributed by atoms with Crippen LogP contribution in [0.25, 0.3) is 0 Å². The van der Waals surface area contributed by atoms with Gasteiger partial charge in [-0.1, -0.05) is 51.9 Å². The molecule has 0 bridgehead atoms. The van der Waals surface area contributed by atoms with Crippen molar-refractivity contribution in [1.29, 1.82) is 0 Å². The second-order valence-corrected chi connectivity index (χ2v) is 4.01. The van der Waals surface area contributed by atoms with Crippen LogP contribution in [0.1, 0.15) is 57.8 Å².